The molecular formula is C30H50O2. The summed E-state index contributed by atoms with van der Waals surface area (Å²) in [6.45, 7) is 18.9. The van der Waals surface area contributed by atoms with Crippen LogP contribution in [0.5, 0.6) is 0 Å². The third kappa shape index (κ3) is 3.25. The van der Waals surface area contributed by atoms with Crippen molar-refractivity contribution in [1.29, 1.82) is 0 Å². The standard InChI is InChI=1S/C30H50O2/c1-19(2)10-9-11-20(3)21-16-17-28(6)24-14-12-22-23(13-15-25(31)27(22,4)5)30(24,8)26(32)18-29(21,28)7/h10,12,20-21,23-26,31-32H,9,11,13-18H2,1-8H3. The quantitative estimate of drug-likeness (QED) is 0.448. The van der Waals surface area contributed by atoms with E-state index >= 15 is 0 Å². The Bertz CT molecular complexity index is 789. The lowest BCUT2D eigenvalue weighted by atomic mass is 9.38. The van der Waals surface area contributed by atoms with Gasteiger partial charge in [-0.25, -0.2) is 0 Å². The lowest BCUT2D eigenvalue weighted by Gasteiger charge is -2.67. The van der Waals surface area contributed by atoms with E-state index in [1.165, 1.54) is 36.8 Å². The molecule has 2 N–H and O–H groups in total. The van der Waals surface area contributed by atoms with Gasteiger partial charge in [0, 0.05) is 10.8 Å². The van der Waals surface area contributed by atoms with E-state index in [4.69, 9.17) is 0 Å². The molecule has 2 heteroatoms. The lowest BCUT2D eigenvalue weighted by molar-refractivity contribution is -0.204. The minimum Gasteiger partial charge on any atom is -0.393 e. The third-order valence-electron chi connectivity index (χ3n) is 11.8. The van der Waals surface area contributed by atoms with Crippen LogP contribution in [0.1, 0.15) is 107 Å². The monoisotopic (exact) mass is 442 g/mol. The maximum atomic E-state index is 11.9. The molecule has 0 bridgehead atoms. The molecule has 3 saturated carbocycles. The van der Waals surface area contributed by atoms with E-state index in [9.17, 15) is 10.2 Å². The van der Waals surface area contributed by atoms with Crippen molar-refractivity contribution in [3.05, 3.63) is 23.3 Å². The van der Waals surface area contributed by atoms with Gasteiger partial charge in [0.05, 0.1) is 12.2 Å². The van der Waals surface area contributed by atoms with Crippen LogP contribution >= 0.6 is 0 Å². The molecule has 0 aromatic carbocycles. The van der Waals surface area contributed by atoms with Gasteiger partial charge in [-0.15, -0.1) is 0 Å². The number of hydrogen-bond acceptors (Lipinski definition) is 2. The predicted octanol–water partition coefficient (Wildman–Crippen LogP) is 7.31. The molecule has 0 aromatic rings. The molecule has 2 nitrogen and oxygen atoms in total. The minimum absolute atomic E-state index is 0.0735. The predicted molar refractivity (Wildman–Crippen MR) is 134 cm³/mol. The molecule has 4 rings (SSSR count). The average Bonchev–Trinajstić information content (AvgIpc) is 2.96. The fraction of sp³-hybridized carbons (Fsp3) is 0.867. The number of aliphatic hydroxyl groups excluding tert-OH is 2. The number of rotatable bonds is 4. The van der Waals surface area contributed by atoms with E-state index in [2.05, 4.69) is 67.5 Å². The van der Waals surface area contributed by atoms with Crippen LogP contribution in [0, 0.1) is 45.3 Å². The van der Waals surface area contributed by atoms with Gasteiger partial charge in [0.25, 0.3) is 0 Å². The second-order valence-corrected chi connectivity index (χ2v) is 13.7. The highest BCUT2D eigenvalue weighted by molar-refractivity contribution is 5.31. The van der Waals surface area contributed by atoms with Crippen molar-refractivity contribution < 1.29 is 10.2 Å². The van der Waals surface area contributed by atoms with Gasteiger partial charge >= 0.3 is 0 Å². The number of fused-ring (bicyclic) bond motifs is 5. The van der Waals surface area contributed by atoms with Crippen molar-refractivity contribution in [2.45, 2.75) is 119 Å². The fourth-order valence-electron chi connectivity index (χ4n) is 9.50. The van der Waals surface area contributed by atoms with Crippen LogP contribution in [-0.2, 0) is 0 Å². The van der Waals surface area contributed by atoms with Crippen molar-refractivity contribution in [2.24, 2.45) is 45.3 Å². The summed E-state index contributed by atoms with van der Waals surface area (Å²) in [7, 11) is 0. The summed E-state index contributed by atoms with van der Waals surface area (Å²) in [6.07, 6.45) is 13.4. The summed E-state index contributed by atoms with van der Waals surface area (Å²) in [4.78, 5) is 0. The van der Waals surface area contributed by atoms with Crippen LogP contribution in [0.3, 0.4) is 0 Å². The molecular weight excluding hydrogens is 392 g/mol. The molecule has 0 radical (unpaired) electrons. The lowest BCUT2D eigenvalue weighted by Crippen LogP contribution is -2.64. The highest BCUT2D eigenvalue weighted by Crippen LogP contribution is 2.74. The van der Waals surface area contributed by atoms with Gasteiger partial charge in [-0.2, -0.15) is 0 Å². The summed E-state index contributed by atoms with van der Waals surface area (Å²) in [5.41, 5.74) is 3.10. The normalized spacial score (nSPS) is 48.2. The second kappa shape index (κ2) is 7.98. The van der Waals surface area contributed by atoms with Crippen LogP contribution in [-0.4, -0.2) is 22.4 Å². The molecule has 4 aliphatic rings. The molecule has 3 fully saturated rings. The Morgan fingerprint density at radius 3 is 2.38 bits per heavy atom. The van der Waals surface area contributed by atoms with E-state index in [0.29, 0.717) is 23.7 Å². The molecule has 182 valence electrons. The average molecular weight is 443 g/mol. The Balaban J connectivity index is 1.67. The fourth-order valence-corrected chi connectivity index (χ4v) is 9.50. The Hall–Kier alpha value is -0.600. The van der Waals surface area contributed by atoms with Crippen molar-refractivity contribution in [3.63, 3.8) is 0 Å². The Morgan fingerprint density at radius 1 is 1.03 bits per heavy atom. The van der Waals surface area contributed by atoms with E-state index in [0.717, 1.165) is 25.7 Å². The number of hydrogen-bond donors (Lipinski definition) is 2. The smallest absolute Gasteiger partial charge is 0.0628 e. The van der Waals surface area contributed by atoms with Crippen LogP contribution < -0.4 is 0 Å². The van der Waals surface area contributed by atoms with Crippen molar-refractivity contribution in [3.8, 4) is 0 Å². The molecule has 0 aliphatic heterocycles. The zero-order valence-electron chi connectivity index (χ0n) is 22.2. The SMILES string of the molecule is CC(C)=CCCC(C)C1CCC2(C)C3CC=C4C(CCC(O)C4(C)C)C3(C)C(O)CC12C. The Labute approximate surface area is 198 Å². The number of aliphatic hydroxyl groups is 2. The third-order valence-corrected chi connectivity index (χ3v) is 11.8. The van der Waals surface area contributed by atoms with Crippen molar-refractivity contribution in [2.75, 3.05) is 0 Å². The summed E-state index contributed by atoms with van der Waals surface area (Å²) < 4.78 is 0. The Kier molecular flexibility index (Phi) is 6.11. The molecule has 0 amide bonds. The van der Waals surface area contributed by atoms with Gasteiger partial charge in [0.2, 0.25) is 0 Å². The first-order valence-electron chi connectivity index (χ1n) is 13.5. The highest BCUT2D eigenvalue weighted by atomic mass is 16.3. The zero-order chi connectivity index (χ0) is 23.7. The molecule has 0 heterocycles. The van der Waals surface area contributed by atoms with Gasteiger partial charge in [-0.3, -0.25) is 0 Å². The molecule has 0 aromatic heterocycles. The molecule has 9 unspecified atom stereocenters. The zero-order valence-corrected chi connectivity index (χ0v) is 22.2. The van der Waals surface area contributed by atoms with Crippen molar-refractivity contribution in [1.82, 2.24) is 0 Å². The van der Waals surface area contributed by atoms with E-state index < -0.39 is 0 Å². The summed E-state index contributed by atoms with van der Waals surface area (Å²) in [5.74, 6) is 2.34. The van der Waals surface area contributed by atoms with Crippen LogP contribution in [0.4, 0.5) is 0 Å². The van der Waals surface area contributed by atoms with E-state index in [-0.39, 0.29) is 33.9 Å². The van der Waals surface area contributed by atoms with Gasteiger partial charge in [-0.05, 0) is 99.7 Å². The van der Waals surface area contributed by atoms with Crippen molar-refractivity contribution >= 4 is 0 Å². The Morgan fingerprint density at radius 2 is 1.72 bits per heavy atom. The maximum Gasteiger partial charge on any atom is 0.0628 e. The topological polar surface area (TPSA) is 40.5 Å². The highest BCUT2D eigenvalue weighted by Gasteiger charge is 2.70. The first-order valence-corrected chi connectivity index (χ1v) is 13.5. The largest absolute Gasteiger partial charge is 0.393 e. The van der Waals surface area contributed by atoms with E-state index in [1.54, 1.807) is 0 Å². The maximum absolute atomic E-state index is 11.9. The van der Waals surface area contributed by atoms with Crippen LogP contribution in [0.2, 0.25) is 0 Å². The van der Waals surface area contributed by atoms with Gasteiger partial charge in [0.1, 0.15) is 0 Å². The molecule has 0 saturated heterocycles. The van der Waals surface area contributed by atoms with Gasteiger partial charge < -0.3 is 10.2 Å². The molecule has 4 aliphatic carbocycles. The van der Waals surface area contributed by atoms with Crippen LogP contribution in [0.25, 0.3) is 0 Å². The minimum atomic E-state index is -0.260. The summed E-state index contributed by atoms with van der Waals surface area (Å²) >= 11 is 0. The molecule has 9 atom stereocenters. The van der Waals surface area contributed by atoms with E-state index in [1.807, 2.05) is 0 Å². The first kappa shape index (κ1) is 24.5. The van der Waals surface area contributed by atoms with Crippen LogP contribution in [0.15, 0.2) is 23.3 Å². The summed E-state index contributed by atoms with van der Waals surface area (Å²) in [6, 6.07) is 0. The van der Waals surface area contributed by atoms with Gasteiger partial charge in [0.15, 0.2) is 0 Å². The first-order chi connectivity index (χ1) is 14.8. The summed E-state index contributed by atoms with van der Waals surface area (Å²) in [5, 5.41) is 22.7. The van der Waals surface area contributed by atoms with Gasteiger partial charge in [-0.1, -0.05) is 64.8 Å². The second-order valence-electron chi connectivity index (χ2n) is 13.7. The molecule has 32 heavy (non-hydrogen) atoms. The number of allylic oxidation sites excluding steroid dienone is 3. The molecule has 0 spiro atoms.